The molecule has 0 aliphatic heterocycles. The first-order valence-corrected chi connectivity index (χ1v) is 10.9. The second-order valence-corrected chi connectivity index (χ2v) is 8.48. The highest BCUT2D eigenvalue weighted by Crippen LogP contribution is 2.38. The van der Waals surface area contributed by atoms with Crippen molar-refractivity contribution in [3.63, 3.8) is 0 Å². The lowest BCUT2D eigenvalue weighted by molar-refractivity contribution is 0.426. The average molecular weight is 380 g/mol. The molecule has 0 spiro atoms. The SMILES string of the molecule is CSCc1nnc(SCc2nc(N)c3c4c(sc3n2)CCCC4)o1. The molecule has 0 aromatic carbocycles. The maximum absolute atomic E-state index is 6.23. The van der Waals surface area contributed by atoms with Crippen molar-refractivity contribution >= 4 is 50.9 Å². The Hall–Kier alpha value is -1.32. The number of aromatic nitrogens is 4. The van der Waals surface area contributed by atoms with E-state index in [-0.39, 0.29) is 0 Å². The van der Waals surface area contributed by atoms with Crippen LogP contribution in [0.2, 0.25) is 0 Å². The molecule has 3 heterocycles. The molecule has 0 radical (unpaired) electrons. The zero-order valence-corrected chi connectivity index (χ0v) is 15.7. The van der Waals surface area contributed by atoms with Crippen molar-refractivity contribution in [2.75, 3.05) is 12.0 Å². The van der Waals surface area contributed by atoms with Crippen molar-refractivity contribution in [1.29, 1.82) is 0 Å². The summed E-state index contributed by atoms with van der Waals surface area (Å²) in [5.41, 5.74) is 7.60. The average Bonchev–Trinajstić information content (AvgIpc) is 3.17. The fourth-order valence-corrected chi connectivity index (χ4v) is 5.19. The minimum atomic E-state index is 0.548. The number of hydrogen-bond donors (Lipinski definition) is 1. The number of thioether (sulfide) groups is 2. The first-order valence-electron chi connectivity index (χ1n) is 7.75. The Morgan fingerprint density at radius 3 is 2.92 bits per heavy atom. The second-order valence-electron chi connectivity index (χ2n) is 5.60. The third-order valence-corrected chi connectivity index (χ3v) is 6.47. The molecule has 6 nitrogen and oxygen atoms in total. The number of aryl methyl sites for hydroxylation is 2. The molecule has 4 rings (SSSR count). The summed E-state index contributed by atoms with van der Waals surface area (Å²) in [7, 11) is 0. The smallest absolute Gasteiger partial charge is 0.277 e. The molecular formula is C15H17N5OS3. The Balaban J connectivity index is 1.56. The van der Waals surface area contributed by atoms with E-state index in [9.17, 15) is 0 Å². The van der Waals surface area contributed by atoms with Gasteiger partial charge in [0.25, 0.3) is 5.22 Å². The van der Waals surface area contributed by atoms with Crippen molar-refractivity contribution in [2.45, 2.75) is 42.4 Å². The van der Waals surface area contributed by atoms with E-state index in [0.717, 1.165) is 28.8 Å². The highest BCUT2D eigenvalue weighted by atomic mass is 32.2. The van der Waals surface area contributed by atoms with Crippen LogP contribution in [0.5, 0.6) is 0 Å². The predicted molar refractivity (Wildman–Crippen MR) is 99.5 cm³/mol. The van der Waals surface area contributed by atoms with Crippen molar-refractivity contribution in [3.8, 4) is 0 Å². The van der Waals surface area contributed by atoms with Gasteiger partial charge in [0, 0.05) is 4.88 Å². The molecule has 0 amide bonds. The van der Waals surface area contributed by atoms with E-state index in [1.165, 1.54) is 35.0 Å². The number of nitrogens with two attached hydrogens (primary N) is 1. The predicted octanol–water partition coefficient (Wildman–Crippen LogP) is 3.69. The van der Waals surface area contributed by atoms with E-state index < -0.39 is 0 Å². The molecule has 126 valence electrons. The van der Waals surface area contributed by atoms with Crippen LogP contribution in [0.3, 0.4) is 0 Å². The third-order valence-electron chi connectivity index (χ3n) is 3.93. The zero-order chi connectivity index (χ0) is 16.5. The summed E-state index contributed by atoms with van der Waals surface area (Å²) in [6.45, 7) is 0. The topological polar surface area (TPSA) is 90.7 Å². The Labute approximate surface area is 152 Å². The first kappa shape index (κ1) is 16.2. The molecule has 3 aromatic rings. The summed E-state index contributed by atoms with van der Waals surface area (Å²) in [4.78, 5) is 11.7. The summed E-state index contributed by atoms with van der Waals surface area (Å²) in [6.07, 6.45) is 6.72. The molecule has 1 aliphatic rings. The number of anilines is 1. The van der Waals surface area contributed by atoms with E-state index in [1.54, 1.807) is 23.1 Å². The highest BCUT2D eigenvalue weighted by molar-refractivity contribution is 7.98. The number of thiophene rings is 1. The van der Waals surface area contributed by atoms with E-state index in [0.29, 0.717) is 28.5 Å². The Morgan fingerprint density at radius 1 is 1.17 bits per heavy atom. The molecule has 0 saturated carbocycles. The van der Waals surface area contributed by atoms with E-state index >= 15 is 0 Å². The standard InChI is InChI=1S/C15H17N5OS3/c1-22-7-11-19-20-15(21-11)23-6-10-17-13(16)12-8-4-2-3-5-9(8)24-14(12)18-10/h2-7H2,1H3,(H2,16,17,18). The summed E-state index contributed by atoms with van der Waals surface area (Å²) < 4.78 is 5.57. The number of nitrogens with zero attached hydrogens (tertiary/aromatic N) is 4. The lowest BCUT2D eigenvalue weighted by Crippen LogP contribution is -2.02. The number of hydrogen-bond acceptors (Lipinski definition) is 9. The highest BCUT2D eigenvalue weighted by Gasteiger charge is 2.20. The van der Waals surface area contributed by atoms with Crippen LogP contribution in [-0.4, -0.2) is 26.4 Å². The van der Waals surface area contributed by atoms with Crippen LogP contribution in [0.15, 0.2) is 9.64 Å². The zero-order valence-electron chi connectivity index (χ0n) is 13.2. The molecule has 0 fully saturated rings. The fourth-order valence-electron chi connectivity index (χ4n) is 2.90. The van der Waals surface area contributed by atoms with Crippen LogP contribution in [0.1, 0.15) is 35.0 Å². The molecule has 2 N–H and O–H groups in total. The van der Waals surface area contributed by atoms with Crippen LogP contribution >= 0.6 is 34.9 Å². The fraction of sp³-hybridized carbons (Fsp3) is 0.467. The van der Waals surface area contributed by atoms with Crippen LogP contribution in [0.4, 0.5) is 5.82 Å². The van der Waals surface area contributed by atoms with Gasteiger partial charge >= 0.3 is 0 Å². The molecule has 3 aromatic heterocycles. The molecule has 0 saturated heterocycles. The molecule has 1 aliphatic carbocycles. The van der Waals surface area contributed by atoms with Gasteiger partial charge in [0.05, 0.1) is 16.9 Å². The third kappa shape index (κ3) is 3.12. The molecular weight excluding hydrogens is 362 g/mol. The van der Waals surface area contributed by atoms with Gasteiger partial charge in [0.1, 0.15) is 16.5 Å². The lowest BCUT2D eigenvalue weighted by Gasteiger charge is -2.10. The van der Waals surface area contributed by atoms with Gasteiger partial charge in [-0.05, 0) is 37.5 Å². The Bertz CT molecular complexity index is 875. The maximum atomic E-state index is 6.23. The molecule has 24 heavy (non-hydrogen) atoms. The minimum absolute atomic E-state index is 0.548. The van der Waals surface area contributed by atoms with Gasteiger partial charge in [-0.2, -0.15) is 11.8 Å². The summed E-state index contributed by atoms with van der Waals surface area (Å²) in [5, 5.41) is 9.66. The van der Waals surface area contributed by atoms with Gasteiger partial charge in [0.15, 0.2) is 0 Å². The number of rotatable bonds is 5. The van der Waals surface area contributed by atoms with Gasteiger partial charge in [-0.3, -0.25) is 0 Å². The van der Waals surface area contributed by atoms with Gasteiger partial charge in [-0.25, -0.2) is 9.97 Å². The molecule has 9 heteroatoms. The van der Waals surface area contributed by atoms with Crippen molar-refractivity contribution in [2.24, 2.45) is 0 Å². The van der Waals surface area contributed by atoms with Gasteiger partial charge in [-0.1, -0.05) is 11.8 Å². The first-order chi connectivity index (χ1) is 11.7. The number of nitrogen functional groups attached to an aromatic ring is 1. The lowest BCUT2D eigenvalue weighted by atomic mass is 9.97. The van der Waals surface area contributed by atoms with Gasteiger partial charge < -0.3 is 10.2 Å². The monoisotopic (exact) mass is 379 g/mol. The van der Waals surface area contributed by atoms with Crippen LogP contribution in [0.25, 0.3) is 10.2 Å². The Kier molecular flexibility index (Phi) is 4.64. The van der Waals surface area contributed by atoms with E-state index in [2.05, 4.69) is 15.2 Å². The number of fused-ring (bicyclic) bond motifs is 3. The Morgan fingerprint density at radius 2 is 2.04 bits per heavy atom. The van der Waals surface area contributed by atoms with E-state index in [4.69, 9.17) is 15.1 Å². The largest absolute Gasteiger partial charge is 0.415 e. The maximum Gasteiger partial charge on any atom is 0.277 e. The van der Waals surface area contributed by atoms with Gasteiger partial charge in [0.2, 0.25) is 5.89 Å². The summed E-state index contributed by atoms with van der Waals surface area (Å²) in [6, 6.07) is 0. The van der Waals surface area contributed by atoms with Crippen LogP contribution in [-0.2, 0) is 24.3 Å². The van der Waals surface area contributed by atoms with Crippen molar-refractivity contribution in [1.82, 2.24) is 20.2 Å². The normalized spacial score (nSPS) is 14.2. The quantitative estimate of drug-likeness (QED) is 0.671. The van der Waals surface area contributed by atoms with Gasteiger partial charge in [-0.15, -0.1) is 21.5 Å². The van der Waals surface area contributed by atoms with Crippen molar-refractivity contribution in [3.05, 3.63) is 22.2 Å². The summed E-state index contributed by atoms with van der Waals surface area (Å²) in [5.74, 6) is 3.26. The van der Waals surface area contributed by atoms with E-state index in [1.807, 2.05) is 6.26 Å². The molecule has 0 unspecified atom stereocenters. The molecule has 0 bridgehead atoms. The van der Waals surface area contributed by atoms with Crippen LogP contribution in [0, 0.1) is 0 Å². The second kappa shape index (κ2) is 6.89. The minimum Gasteiger partial charge on any atom is -0.415 e. The molecule has 0 atom stereocenters. The van der Waals surface area contributed by atoms with Crippen LogP contribution < -0.4 is 5.73 Å². The van der Waals surface area contributed by atoms with Crippen molar-refractivity contribution < 1.29 is 4.42 Å². The summed E-state index contributed by atoms with van der Waals surface area (Å²) >= 11 is 4.87.